The predicted molar refractivity (Wildman–Crippen MR) is 503 cm³/mol. The number of ketones is 5. The van der Waals surface area contributed by atoms with Crippen LogP contribution in [0.15, 0.2) is 330 Å². The standard InChI is InChI=1S/C21H22N2O2S.C20H20N2O2S.2C20H20N2OS.C19H17ClN2OS/c1-3-16-4-6-17(7-5-16)14-19(24)15-26-21-22-12-13-23(21)18-8-10-20(25-2)11-9-18;1-15-6-8-16(9-7-15)12-18(23)14-25-20-21-10-11-22(20)17-4-3-5-19(13-17)24-2;1-15-3-7-17(8-4-15)13-19(23)14-24-20-21-11-12-22(20)18-9-5-16(2)6-10-18;1-15-6-8-17(9-7-15)13-19(23)14-24-20-21-10-11-22(20)18-5-3-4-16(2)12-18;1-14-2-4-15(5-3-14)12-18(23)13-24-19-21-10-11-22(19)17-8-6-16(20)7-9-17/h4-13H,3,14-15H2,1-2H3;3-11,13H,12,14H2,1-2H3;2*3-12H,13-14H2,1-2H3;2-11H,12-13H2,1H3. The molecule has 0 saturated heterocycles. The Kier molecular flexibility index (Phi) is 35.6. The minimum absolute atomic E-state index is 0.189. The molecule has 0 bridgehead atoms. The molecule has 10 aromatic carbocycles. The maximum atomic E-state index is 12.3. The predicted octanol–water partition coefficient (Wildman–Crippen LogP) is 22.0. The van der Waals surface area contributed by atoms with E-state index in [0.717, 1.165) is 100.0 Å². The van der Waals surface area contributed by atoms with E-state index in [1.54, 1.807) is 45.2 Å². The fourth-order valence-electron chi connectivity index (χ4n) is 12.4. The molecule has 15 rings (SSSR count). The van der Waals surface area contributed by atoms with E-state index < -0.39 is 0 Å². The third-order valence-corrected chi connectivity index (χ3v) is 24.5. The van der Waals surface area contributed by atoms with Crippen LogP contribution in [0.1, 0.15) is 73.7 Å². The van der Waals surface area contributed by atoms with Crippen molar-refractivity contribution in [1.82, 2.24) is 47.8 Å². The molecule has 23 heteroatoms. The van der Waals surface area contributed by atoms with Crippen molar-refractivity contribution < 1.29 is 33.4 Å². The van der Waals surface area contributed by atoms with Gasteiger partial charge in [0.2, 0.25) is 0 Å². The van der Waals surface area contributed by atoms with Gasteiger partial charge in [-0.25, -0.2) is 24.9 Å². The summed E-state index contributed by atoms with van der Waals surface area (Å²) in [6.45, 7) is 14.4. The van der Waals surface area contributed by atoms with Gasteiger partial charge in [-0.2, -0.15) is 0 Å². The number of hydrogen-bond donors (Lipinski definition) is 0. The zero-order valence-electron chi connectivity index (χ0n) is 70.4. The Hall–Kier alpha value is -11.8. The van der Waals surface area contributed by atoms with Gasteiger partial charge in [-0.05, 0) is 172 Å². The van der Waals surface area contributed by atoms with Crippen LogP contribution in [0.4, 0.5) is 0 Å². The minimum atomic E-state index is 0.189. The first-order chi connectivity index (χ1) is 59.7. The maximum absolute atomic E-state index is 12.3. The molecule has 0 radical (unpaired) electrons. The topological polar surface area (TPSA) is 193 Å². The van der Waals surface area contributed by atoms with Gasteiger partial charge in [0.15, 0.2) is 25.8 Å². The van der Waals surface area contributed by atoms with Crippen LogP contribution in [0, 0.1) is 41.5 Å². The van der Waals surface area contributed by atoms with Crippen LogP contribution >= 0.6 is 70.4 Å². The molecule has 0 unspecified atom stereocenters. The monoisotopic (exact) mass is 1750 g/mol. The number of ether oxygens (including phenoxy) is 2. The second-order valence-corrected chi connectivity index (χ2v) is 34.2. The highest BCUT2D eigenvalue weighted by Crippen LogP contribution is 2.29. The molecular formula is C100H99ClN10O7S5. The van der Waals surface area contributed by atoms with E-state index in [1.807, 2.05) is 276 Å². The van der Waals surface area contributed by atoms with E-state index in [-0.39, 0.29) is 28.9 Å². The molecule has 0 aliphatic rings. The fraction of sp³-hybridized carbons (Fsp3) is 0.200. The van der Waals surface area contributed by atoms with Crippen molar-refractivity contribution in [1.29, 1.82) is 0 Å². The van der Waals surface area contributed by atoms with E-state index in [1.165, 1.54) is 97.8 Å². The quantitative estimate of drug-likeness (QED) is 0.0352. The largest absolute Gasteiger partial charge is 0.497 e. The number of aromatic nitrogens is 10. The summed E-state index contributed by atoms with van der Waals surface area (Å²) in [5.74, 6) is 4.66. The first-order valence-electron chi connectivity index (χ1n) is 40.1. The number of nitrogens with zero attached hydrogens (tertiary/aromatic N) is 10. The number of imidazole rings is 5. The number of thioether (sulfide) groups is 5. The normalized spacial score (nSPS) is 10.7. The van der Waals surface area contributed by atoms with Crippen LogP contribution in [-0.2, 0) is 62.5 Å². The van der Waals surface area contributed by atoms with Gasteiger partial charge in [0.1, 0.15) is 40.4 Å². The fourth-order valence-corrected chi connectivity index (χ4v) is 16.7. The number of methoxy groups -OCH3 is 2. The van der Waals surface area contributed by atoms with Crippen molar-refractivity contribution in [2.45, 2.75) is 113 Å². The van der Waals surface area contributed by atoms with E-state index in [4.69, 9.17) is 21.1 Å². The lowest BCUT2D eigenvalue weighted by Gasteiger charge is -2.09. The summed E-state index contributed by atoms with van der Waals surface area (Å²) in [5.41, 5.74) is 18.9. The SMILES string of the molecule is CCc1ccc(CC(=O)CSc2nccn2-c2ccc(OC)cc2)cc1.COc1cccc(-n2ccnc2SCC(=O)Cc2ccc(C)cc2)c1.Cc1ccc(CC(=O)CSc2nccn2-c2ccc(C)cc2)cc1.Cc1ccc(CC(=O)CSc2nccn2-c2ccc(Cl)cc2)cc1.Cc1ccc(CC(=O)CSc2nccn2-c2cccc(C)c2)cc1. The van der Waals surface area contributed by atoms with Crippen LogP contribution in [0.3, 0.4) is 0 Å². The average molecular weight is 1750 g/mol. The first-order valence-corrected chi connectivity index (χ1v) is 45.4. The molecule has 0 aliphatic heterocycles. The number of hydrogen-bond acceptors (Lipinski definition) is 17. The van der Waals surface area contributed by atoms with Gasteiger partial charge < -0.3 is 9.47 Å². The molecule has 0 N–H and O–H groups in total. The summed E-state index contributed by atoms with van der Waals surface area (Å²) in [6, 6.07) is 80.3. The summed E-state index contributed by atoms with van der Waals surface area (Å²) < 4.78 is 20.4. The third-order valence-electron chi connectivity index (χ3n) is 19.1. The molecule has 0 saturated carbocycles. The minimum Gasteiger partial charge on any atom is -0.497 e. The Morgan fingerprint density at radius 1 is 0.285 bits per heavy atom. The summed E-state index contributed by atoms with van der Waals surface area (Å²) >= 11 is 13.3. The maximum Gasteiger partial charge on any atom is 0.173 e. The number of Topliss-reactive ketones (excluding diaryl/α,β-unsaturated/α-hetero) is 5. The highest BCUT2D eigenvalue weighted by atomic mass is 35.5. The van der Waals surface area contributed by atoms with Crippen LogP contribution in [0.5, 0.6) is 11.5 Å². The van der Waals surface area contributed by atoms with Crippen molar-refractivity contribution >= 4 is 99.3 Å². The summed E-state index contributed by atoms with van der Waals surface area (Å²) in [7, 11) is 3.29. The molecule has 15 aromatic rings. The lowest BCUT2D eigenvalue weighted by molar-refractivity contribution is -0.116. The summed E-state index contributed by atoms with van der Waals surface area (Å²) in [5, 5.41) is 4.79. The molecule has 17 nitrogen and oxygen atoms in total. The Bertz CT molecular complexity index is 5730. The smallest absolute Gasteiger partial charge is 0.173 e. The summed E-state index contributed by atoms with van der Waals surface area (Å²) in [4.78, 5) is 83.1. The Morgan fingerprint density at radius 2 is 0.537 bits per heavy atom. The number of carbonyl (C=O) groups is 5. The lowest BCUT2D eigenvalue weighted by atomic mass is 10.1. The molecule has 0 spiro atoms. The van der Waals surface area contributed by atoms with E-state index >= 15 is 0 Å². The Balaban J connectivity index is 0.000000150. The number of rotatable bonds is 33. The van der Waals surface area contributed by atoms with Gasteiger partial charge in [0.25, 0.3) is 0 Å². The molecule has 628 valence electrons. The molecule has 0 aliphatic carbocycles. The lowest BCUT2D eigenvalue weighted by Crippen LogP contribution is -2.07. The van der Waals surface area contributed by atoms with Crippen molar-refractivity contribution in [2.24, 2.45) is 0 Å². The zero-order valence-corrected chi connectivity index (χ0v) is 75.2. The van der Waals surface area contributed by atoms with Crippen LogP contribution in [0.25, 0.3) is 28.4 Å². The van der Waals surface area contributed by atoms with Crippen LogP contribution in [-0.4, -0.2) is 120 Å². The first kappa shape index (κ1) is 92.0. The Morgan fingerprint density at radius 3 is 0.829 bits per heavy atom. The van der Waals surface area contributed by atoms with Crippen LogP contribution in [0.2, 0.25) is 5.02 Å². The van der Waals surface area contributed by atoms with Gasteiger partial charge in [-0.3, -0.25) is 46.8 Å². The second kappa shape index (κ2) is 47.6. The zero-order chi connectivity index (χ0) is 86.8. The molecule has 0 amide bonds. The number of aryl methyl sites for hydroxylation is 7. The third kappa shape index (κ3) is 29.5. The molecule has 0 fully saturated rings. The van der Waals surface area contributed by atoms with Gasteiger partial charge in [0, 0.05) is 128 Å². The molecular weight excluding hydrogens is 1650 g/mol. The number of carbonyl (C=O) groups excluding carboxylic acids is 5. The molecule has 123 heavy (non-hydrogen) atoms. The molecule has 0 atom stereocenters. The number of halogens is 1. The van der Waals surface area contributed by atoms with E-state index in [0.29, 0.717) is 65.9 Å². The average Bonchev–Trinajstić information content (AvgIpc) is 1.75. The van der Waals surface area contributed by atoms with Crippen molar-refractivity contribution in [3.63, 3.8) is 0 Å². The molecule has 5 aromatic heterocycles. The van der Waals surface area contributed by atoms with E-state index in [2.05, 4.69) is 94.2 Å². The highest BCUT2D eigenvalue weighted by Gasteiger charge is 2.17. The van der Waals surface area contributed by atoms with Crippen molar-refractivity contribution in [2.75, 3.05) is 43.0 Å². The molecule has 5 heterocycles. The van der Waals surface area contributed by atoms with Gasteiger partial charge in [-0.1, -0.05) is 257 Å². The highest BCUT2D eigenvalue weighted by molar-refractivity contribution is 8.00. The van der Waals surface area contributed by atoms with Crippen LogP contribution < -0.4 is 9.47 Å². The van der Waals surface area contributed by atoms with Crippen molar-refractivity contribution in [3.05, 3.63) is 376 Å². The number of benzene rings is 10. The van der Waals surface area contributed by atoms with Crippen molar-refractivity contribution in [3.8, 4) is 39.9 Å². The van der Waals surface area contributed by atoms with Gasteiger partial charge in [-0.15, -0.1) is 0 Å². The van der Waals surface area contributed by atoms with E-state index in [9.17, 15) is 24.0 Å². The Labute approximate surface area is 747 Å². The van der Waals surface area contributed by atoms with Gasteiger partial charge >= 0.3 is 0 Å². The van der Waals surface area contributed by atoms with Gasteiger partial charge in [0.05, 0.1) is 48.7 Å². The summed E-state index contributed by atoms with van der Waals surface area (Å²) in [6.07, 6.45) is 21.6. The second-order valence-electron chi connectivity index (χ2n) is 29.1.